The average Bonchev–Trinajstić information content (AvgIpc) is 2.80. The number of nitrogens with one attached hydrogen (secondary N) is 1. The lowest BCUT2D eigenvalue weighted by Crippen LogP contribution is -1.94. The molecule has 0 amide bonds. The summed E-state index contributed by atoms with van der Waals surface area (Å²) in [5.41, 5.74) is 3.10. The van der Waals surface area contributed by atoms with Crippen molar-refractivity contribution in [2.75, 3.05) is 6.54 Å². The van der Waals surface area contributed by atoms with Crippen LogP contribution in [0.4, 0.5) is 0 Å². The summed E-state index contributed by atoms with van der Waals surface area (Å²) in [7, 11) is 0. The van der Waals surface area contributed by atoms with E-state index in [2.05, 4.69) is 16.1 Å². The van der Waals surface area contributed by atoms with E-state index < -0.39 is 0 Å². The number of aliphatic imine (C=N–C) groups is 1. The molecule has 3 nitrogen and oxygen atoms in total. The van der Waals surface area contributed by atoms with Crippen molar-refractivity contribution in [1.82, 2.24) is 4.98 Å². The van der Waals surface area contributed by atoms with Crippen LogP contribution in [0.5, 0.6) is 5.88 Å². The van der Waals surface area contributed by atoms with Crippen molar-refractivity contribution in [3.05, 3.63) is 40.4 Å². The molecule has 4 heteroatoms. The zero-order valence-corrected chi connectivity index (χ0v) is 12.7. The van der Waals surface area contributed by atoms with Gasteiger partial charge in [-0.15, -0.1) is 0 Å². The summed E-state index contributed by atoms with van der Waals surface area (Å²) in [6.45, 7) is 0.762. The van der Waals surface area contributed by atoms with Crippen molar-refractivity contribution >= 4 is 28.7 Å². The average molecular weight is 303 g/mol. The van der Waals surface area contributed by atoms with E-state index in [-0.39, 0.29) is 5.88 Å². The Hall–Kier alpha value is -1.74. The van der Waals surface area contributed by atoms with Crippen LogP contribution in [-0.2, 0) is 0 Å². The van der Waals surface area contributed by atoms with E-state index in [1.807, 2.05) is 12.1 Å². The molecule has 2 aromatic rings. The summed E-state index contributed by atoms with van der Waals surface area (Å²) in [5.74, 6) is 0.146. The van der Waals surface area contributed by atoms with Gasteiger partial charge in [-0.25, -0.2) is 0 Å². The molecule has 0 radical (unpaired) electrons. The molecule has 0 atom stereocenters. The van der Waals surface area contributed by atoms with Crippen LogP contribution in [0.3, 0.4) is 0 Å². The third-order valence-corrected chi connectivity index (χ3v) is 4.18. The molecule has 21 heavy (non-hydrogen) atoms. The van der Waals surface area contributed by atoms with Gasteiger partial charge < -0.3 is 10.1 Å². The Kier molecular flexibility index (Phi) is 4.30. The molecule has 0 spiro atoms. The minimum absolute atomic E-state index is 0.146. The van der Waals surface area contributed by atoms with Crippen molar-refractivity contribution in [2.24, 2.45) is 4.99 Å². The number of rotatable bonds is 4. The van der Waals surface area contributed by atoms with Gasteiger partial charge in [-0.2, -0.15) is 0 Å². The molecule has 0 saturated carbocycles. The summed E-state index contributed by atoms with van der Waals surface area (Å²) < 4.78 is 0. The molecule has 1 aliphatic carbocycles. The number of nitrogens with zero attached hydrogens (tertiary/aromatic N) is 1. The molecular weight excluding hydrogens is 284 g/mol. The highest BCUT2D eigenvalue weighted by atomic mass is 35.5. The molecule has 1 heterocycles. The monoisotopic (exact) mass is 302 g/mol. The number of hydrogen-bond acceptors (Lipinski definition) is 2. The van der Waals surface area contributed by atoms with Gasteiger partial charge in [0.25, 0.3) is 0 Å². The smallest absolute Gasteiger partial charge is 0.198 e. The summed E-state index contributed by atoms with van der Waals surface area (Å²) in [5, 5.41) is 11.5. The van der Waals surface area contributed by atoms with Gasteiger partial charge in [0.2, 0.25) is 0 Å². The topological polar surface area (TPSA) is 48.4 Å². The number of hydrogen-bond donors (Lipinski definition) is 2. The Morgan fingerprint density at radius 1 is 1.33 bits per heavy atom. The number of aromatic hydroxyl groups is 1. The van der Waals surface area contributed by atoms with Crippen LogP contribution < -0.4 is 0 Å². The number of fused-ring (bicyclic) bond motifs is 1. The molecule has 1 aromatic heterocycles. The zero-order chi connectivity index (χ0) is 14.7. The van der Waals surface area contributed by atoms with Crippen LogP contribution in [0.25, 0.3) is 10.9 Å². The fraction of sp³-hybridized carbons (Fsp3) is 0.353. The third kappa shape index (κ3) is 3.30. The molecule has 0 aliphatic heterocycles. The number of allylic oxidation sites excluding steroid dienone is 1. The van der Waals surface area contributed by atoms with E-state index in [1.165, 1.54) is 31.3 Å². The Labute approximate surface area is 129 Å². The van der Waals surface area contributed by atoms with E-state index >= 15 is 0 Å². The second kappa shape index (κ2) is 6.35. The molecule has 110 valence electrons. The largest absolute Gasteiger partial charge is 0.494 e. The molecule has 1 aliphatic rings. The Bertz CT molecular complexity index is 700. The van der Waals surface area contributed by atoms with Crippen LogP contribution in [-0.4, -0.2) is 22.8 Å². The maximum atomic E-state index is 9.97. The minimum atomic E-state index is 0.146. The normalized spacial score (nSPS) is 15.8. The molecule has 0 fully saturated rings. The minimum Gasteiger partial charge on any atom is -0.494 e. The van der Waals surface area contributed by atoms with Crippen LogP contribution in [0, 0.1) is 0 Å². The molecule has 0 unspecified atom stereocenters. The highest BCUT2D eigenvalue weighted by Crippen LogP contribution is 2.28. The van der Waals surface area contributed by atoms with E-state index in [9.17, 15) is 5.11 Å². The Balaban J connectivity index is 1.72. The first-order chi connectivity index (χ1) is 10.2. The molecule has 3 rings (SSSR count). The van der Waals surface area contributed by atoms with Crippen molar-refractivity contribution in [3.63, 3.8) is 0 Å². The second-order valence-electron chi connectivity index (χ2n) is 5.47. The van der Waals surface area contributed by atoms with E-state index in [0.717, 1.165) is 23.9 Å². The first-order valence-corrected chi connectivity index (χ1v) is 7.80. The van der Waals surface area contributed by atoms with Gasteiger partial charge in [0, 0.05) is 28.7 Å². The zero-order valence-electron chi connectivity index (χ0n) is 11.9. The molecule has 0 saturated heterocycles. The fourth-order valence-electron chi connectivity index (χ4n) is 2.80. The van der Waals surface area contributed by atoms with Crippen molar-refractivity contribution in [3.8, 4) is 5.88 Å². The van der Waals surface area contributed by atoms with Gasteiger partial charge in [-0.1, -0.05) is 23.3 Å². The van der Waals surface area contributed by atoms with Gasteiger partial charge >= 0.3 is 0 Å². The van der Waals surface area contributed by atoms with Gasteiger partial charge in [0.1, 0.15) is 0 Å². The predicted octanol–water partition coefficient (Wildman–Crippen LogP) is 4.84. The third-order valence-electron chi connectivity index (χ3n) is 3.95. The van der Waals surface area contributed by atoms with Crippen LogP contribution in [0.2, 0.25) is 5.02 Å². The fourth-order valence-corrected chi connectivity index (χ4v) is 2.97. The van der Waals surface area contributed by atoms with E-state index in [1.54, 1.807) is 12.3 Å². The second-order valence-corrected chi connectivity index (χ2v) is 5.91. The van der Waals surface area contributed by atoms with Gasteiger partial charge in [0.05, 0.1) is 5.56 Å². The number of halogens is 1. The summed E-state index contributed by atoms with van der Waals surface area (Å²) in [6.07, 6.45) is 10.1. The predicted molar refractivity (Wildman–Crippen MR) is 88.6 cm³/mol. The first kappa shape index (κ1) is 14.2. The maximum Gasteiger partial charge on any atom is 0.198 e. The molecule has 0 bridgehead atoms. The highest BCUT2D eigenvalue weighted by molar-refractivity contribution is 6.31. The standard InChI is InChI=1S/C17H19ClN2O/c18-13-6-7-16-14(10-13)15(17(21)20-16)11-19-9-8-12-4-2-1-3-5-12/h4,6-7,10-11,20-21H,1-3,5,8-9H2. The van der Waals surface area contributed by atoms with Gasteiger partial charge in [0.15, 0.2) is 5.88 Å². The van der Waals surface area contributed by atoms with Gasteiger partial charge in [-0.05, 0) is 50.3 Å². The summed E-state index contributed by atoms with van der Waals surface area (Å²) in [4.78, 5) is 7.40. The van der Waals surface area contributed by atoms with E-state index in [4.69, 9.17) is 11.6 Å². The first-order valence-electron chi connectivity index (χ1n) is 7.42. The summed E-state index contributed by atoms with van der Waals surface area (Å²) in [6, 6.07) is 5.51. The number of aromatic amines is 1. The number of aromatic nitrogens is 1. The molecule has 1 aromatic carbocycles. The molecule has 2 N–H and O–H groups in total. The van der Waals surface area contributed by atoms with Crippen molar-refractivity contribution in [1.29, 1.82) is 0 Å². The number of benzene rings is 1. The van der Waals surface area contributed by atoms with Crippen LogP contribution in [0.1, 0.15) is 37.7 Å². The van der Waals surface area contributed by atoms with Crippen molar-refractivity contribution in [2.45, 2.75) is 32.1 Å². The highest BCUT2D eigenvalue weighted by Gasteiger charge is 2.09. The lowest BCUT2D eigenvalue weighted by atomic mass is 9.97. The quantitative estimate of drug-likeness (QED) is 0.616. The molecular formula is C17H19ClN2O. The Morgan fingerprint density at radius 2 is 2.24 bits per heavy atom. The van der Waals surface area contributed by atoms with Crippen LogP contribution in [0.15, 0.2) is 34.8 Å². The van der Waals surface area contributed by atoms with E-state index in [0.29, 0.717) is 10.6 Å². The maximum absolute atomic E-state index is 9.97. The SMILES string of the molecule is Oc1[nH]c2ccc(Cl)cc2c1C=NCCC1=CCCCC1. The van der Waals surface area contributed by atoms with Crippen LogP contribution >= 0.6 is 11.6 Å². The summed E-state index contributed by atoms with van der Waals surface area (Å²) >= 11 is 6.02. The Morgan fingerprint density at radius 3 is 3.05 bits per heavy atom. The van der Waals surface area contributed by atoms with Gasteiger partial charge in [-0.3, -0.25) is 4.99 Å². The van der Waals surface area contributed by atoms with Crippen molar-refractivity contribution < 1.29 is 5.11 Å². The lowest BCUT2D eigenvalue weighted by molar-refractivity contribution is 0.457. The lowest BCUT2D eigenvalue weighted by Gasteiger charge is -2.10. The number of H-pyrrole nitrogens is 1.